The van der Waals surface area contributed by atoms with Crippen molar-refractivity contribution in [1.29, 1.82) is 0 Å². The van der Waals surface area contributed by atoms with Gasteiger partial charge in [0.05, 0.1) is 29.4 Å². The van der Waals surface area contributed by atoms with Crippen LogP contribution in [0.15, 0.2) is 24.7 Å². The van der Waals surface area contributed by atoms with Gasteiger partial charge < -0.3 is 10.1 Å². The van der Waals surface area contributed by atoms with Crippen LogP contribution in [-0.4, -0.2) is 37.3 Å². The van der Waals surface area contributed by atoms with E-state index in [2.05, 4.69) is 21.5 Å². The molecule has 1 aliphatic rings. The van der Waals surface area contributed by atoms with Gasteiger partial charge in [-0.2, -0.15) is 10.2 Å². The van der Waals surface area contributed by atoms with Gasteiger partial charge in [0.2, 0.25) is 0 Å². The summed E-state index contributed by atoms with van der Waals surface area (Å²) in [6.07, 6.45) is 9.74. The fourth-order valence-electron chi connectivity index (χ4n) is 3.20. The number of hydrogen-bond donors (Lipinski definition) is 1. The number of ether oxygens (including phenoxy) is 1. The summed E-state index contributed by atoms with van der Waals surface area (Å²) in [5.41, 5.74) is 3.12. The van der Waals surface area contributed by atoms with Gasteiger partial charge in [-0.15, -0.1) is 0 Å². The van der Waals surface area contributed by atoms with E-state index in [9.17, 15) is 0 Å². The first-order valence-corrected chi connectivity index (χ1v) is 9.83. The third-order valence-corrected chi connectivity index (χ3v) is 5.67. The van der Waals surface area contributed by atoms with Gasteiger partial charge in [-0.25, -0.2) is 4.98 Å². The van der Waals surface area contributed by atoms with Crippen LogP contribution in [-0.2, 0) is 24.9 Å². The Bertz CT molecular complexity index is 861. The molecule has 0 radical (unpaired) electrons. The van der Waals surface area contributed by atoms with Crippen LogP contribution in [0.4, 0.5) is 5.13 Å². The molecule has 1 saturated heterocycles. The Morgan fingerprint density at radius 1 is 1.38 bits per heavy atom. The fraction of sp³-hybridized carbons (Fsp3) is 0.500. The number of anilines is 1. The molecule has 0 aliphatic carbocycles. The second kappa shape index (κ2) is 7.59. The van der Waals surface area contributed by atoms with E-state index in [0.29, 0.717) is 6.54 Å². The highest BCUT2D eigenvalue weighted by molar-refractivity contribution is 7.19. The lowest BCUT2D eigenvalue weighted by atomic mass is 10.1. The Labute approximate surface area is 157 Å². The van der Waals surface area contributed by atoms with Crippen LogP contribution in [0, 0.1) is 6.92 Å². The van der Waals surface area contributed by atoms with Crippen molar-refractivity contribution >= 4 is 16.5 Å². The van der Waals surface area contributed by atoms with E-state index in [1.54, 1.807) is 16.0 Å². The van der Waals surface area contributed by atoms with Crippen LogP contribution in [0.3, 0.4) is 0 Å². The molecule has 138 valence electrons. The van der Waals surface area contributed by atoms with Gasteiger partial charge >= 0.3 is 0 Å². The molecular weight excluding hydrogens is 348 g/mol. The minimum Gasteiger partial charge on any atom is -0.376 e. The van der Waals surface area contributed by atoms with Gasteiger partial charge in [0.1, 0.15) is 5.69 Å². The van der Waals surface area contributed by atoms with E-state index in [0.717, 1.165) is 46.5 Å². The highest BCUT2D eigenvalue weighted by Gasteiger charge is 2.17. The van der Waals surface area contributed by atoms with Gasteiger partial charge in [0.25, 0.3) is 0 Å². The minimum atomic E-state index is 0.288. The smallest absolute Gasteiger partial charge is 0.183 e. The van der Waals surface area contributed by atoms with Crippen molar-refractivity contribution in [1.82, 2.24) is 24.5 Å². The molecule has 1 aliphatic heterocycles. The topological polar surface area (TPSA) is 69.8 Å². The minimum absolute atomic E-state index is 0.288. The second-order valence-corrected chi connectivity index (χ2v) is 7.72. The molecule has 4 heterocycles. The maximum atomic E-state index is 5.81. The summed E-state index contributed by atoms with van der Waals surface area (Å²) in [6, 6.07) is 2.06. The van der Waals surface area contributed by atoms with Gasteiger partial charge in [-0.3, -0.25) is 9.36 Å². The third kappa shape index (κ3) is 3.96. The zero-order valence-electron chi connectivity index (χ0n) is 15.2. The molecule has 0 bridgehead atoms. The van der Waals surface area contributed by atoms with Crippen molar-refractivity contribution in [2.75, 3.05) is 11.9 Å². The molecular formula is C18H24N6OS. The third-order valence-electron chi connectivity index (χ3n) is 4.54. The Balaban J connectivity index is 1.41. The van der Waals surface area contributed by atoms with Crippen LogP contribution in [0.5, 0.6) is 0 Å². The number of hydrogen-bond acceptors (Lipinski definition) is 6. The Morgan fingerprint density at radius 3 is 3.08 bits per heavy atom. The molecule has 0 aromatic carbocycles. The summed E-state index contributed by atoms with van der Waals surface area (Å²) in [7, 11) is 1.92. The zero-order chi connectivity index (χ0) is 17.9. The van der Waals surface area contributed by atoms with Crippen LogP contribution < -0.4 is 5.32 Å². The van der Waals surface area contributed by atoms with Crippen molar-refractivity contribution in [3.05, 3.63) is 35.9 Å². The van der Waals surface area contributed by atoms with Gasteiger partial charge in [-0.05, 0) is 32.3 Å². The molecule has 26 heavy (non-hydrogen) atoms. The molecule has 0 saturated carbocycles. The van der Waals surface area contributed by atoms with Crippen molar-refractivity contribution in [2.24, 2.45) is 7.05 Å². The predicted molar refractivity (Wildman–Crippen MR) is 102 cm³/mol. The summed E-state index contributed by atoms with van der Waals surface area (Å²) in [5.74, 6) is 0. The van der Waals surface area contributed by atoms with Crippen molar-refractivity contribution in [3.63, 3.8) is 0 Å². The van der Waals surface area contributed by atoms with E-state index < -0.39 is 0 Å². The summed E-state index contributed by atoms with van der Waals surface area (Å²) in [6.45, 7) is 4.45. The molecule has 3 aromatic rings. The number of aryl methyl sites for hydroxylation is 2. The highest BCUT2D eigenvalue weighted by Crippen LogP contribution is 2.32. The maximum absolute atomic E-state index is 5.81. The molecule has 3 aromatic heterocycles. The summed E-state index contributed by atoms with van der Waals surface area (Å²) in [4.78, 5) is 5.75. The van der Waals surface area contributed by atoms with Gasteiger partial charge in [0.15, 0.2) is 5.13 Å². The lowest BCUT2D eigenvalue weighted by molar-refractivity contribution is 0.00403. The van der Waals surface area contributed by atoms with E-state index in [1.807, 2.05) is 37.2 Å². The van der Waals surface area contributed by atoms with Crippen LogP contribution in [0.25, 0.3) is 10.6 Å². The quantitative estimate of drug-likeness (QED) is 0.719. The normalized spacial score (nSPS) is 17.5. The zero-order valence-corrected chi connectivity index (χ0v) is 16.0. The fourth-order valence-corrected chi connectivity index (χ4v) is 4.12. The molecule has 8 heteroatoms. The van der Waals surface area contributed by atoms with Crippen LogP contribution in [0.1, 0.15) is 30.5 Å². The largest absolute Gasteiger partial charge is 0.376 e. The van der Waals surface area contributed by atoms with E-state index in [4.69, 9.17) is 9.84 Å². The monoisotopic (exact) mass is 372 g/mol. The van der Waals surface area contributed by atoms with Crippen molar-refractivity contribution in [3.8, 4) is 10.6 Å². The maximum Gasteiger partial charge on any atom is 0.183 e. The van der Waals surface area contributed by atoms with Crippen LogP contribution in [0.2, 0.25) is 0 Å². The number of rotatable bonds is 6. The first kappa shape index (κ1) is 17.2. The molecule has 0 spiro atoms. The van der Waals surface area contributed by atoms with Gasteiger partial charge in [-0.1, -0.05) is 11.3 Å². The summed E-state index contributed by atoms with van der Waals surface area (Å²) >= 11 is 1.64. The van der Waals surface area contributed by atoms with Crippen molar-refractivity contribution in [2.45, 2.75) is 45.4 Å². The lowest BCUT2D eigenvalue weighted by Gasteiger charge is -2.22. The molecule has 7 nitrogen and oxygen atoms in total. The lowest BCUT2D eigenvalue weighted by Crippen LogP contribution is -2.24. The van der Waals surface area contributed by atoms with E-state index in [-0.39, 0.29) is 6.10 Å². The SMILES string of the molecule is Cc1nc(NCc2cnn(C)c2)sc1-c1ccn(C[C@@H]2CCCCO2)n1. The Morgan fingerprint density at radius 2 is 2.31 bits per heavy atom. The summed E-state index contributed by atoms with van der Waals surface area (Å²) < 4.78 is 9.61. The molecule has 1 fully saturated rings. The number of aromatic nitrogens is 5. The Hall–Kier alpha value is -2.19. The van der Waals surface area contributed by atoms with Crippen LogP contribution >= 0.6 is 11.3 Å². The van der Waals surface area contributed by atoms with Crippen molar-refractivity contribution < 1.29 is 4.74 Å². The average Bonchev–Trinajstić information content (AvgIpc) is 3.34. The molecule has 1 N–H and O–H groups in total. The van der Waals surface area contributed by atoms with E-state index >= 15 is 0 Å². The summed E-state index contributed by atoms with van der Waals surface area (Å²) in [5, 5.41) is 13.2. The highest BCUT2D eigenvalue weighted by atomic mass is 32.1. The molecule has 0 amide bonds. The molecule has 0 unspecified atom stereocenters. The number of nitrogens with zero attached hydrogens (tertiary/aromatic N) is 5. The molecule has 4 rings (SSSR count). The molecule has 1 atom stereocenters. The number of nitrogens with one attached hydrogen (secondary N) is 1. The Kier molecular flexibility index (Phi) is 5.03. The number of thiazole rings is 1. The first-order chi connectivity index (χ1) is 12.7. The first-order valence-electron chi connectivity index (χ1n) is 9.01. The average molecular weight is 372 g/mol. The van der Waals surface area contributed by atoms with E-state index in [1.165, 1.54) is 12.8 Å². The predicted octanol–water partition coefficient (Wildman–Crippen LogP) is 3.23. The van der Waals surface area contributed by atoms with Gasteiger partial charge in [0, 0.05) is 38.2 Å². The standard InChI is InChI=1S/C18H24N6OS/c1-13-17(26-18(21-13)19-9-14-10-20-23(2)11-14)16-6-7-24(22-16)12-15-5-3-4-8-25-15/h6-7,10-11,15H,3-5,8-9,12H2,1-2H3,(H,19,21)/t15-/m0/s1. The second-order valence-electron chi connectivity index (χ2n) is 6.72.